The van der Waals surface area contributed by atoms with Crippen LogP contribution in [0.4, 0.5) is 0 Å². The van der Waals surface area contributed by atoms with Crippen molar-refractivity contribution in [1.82, 2.24) is 9.88 Å². The van der Waals surface area contributed by atoms with Crippen LogP contribution in [0.25, 0.3) is 10.9 Å². The quantitative estimate of drug-likeness (QED) is 0.853. The van der Waals surface area contributed by atoms with Gasteiger partial charge in [-0.15, -0.1) is 0 Å². The molecule has 1 unspecified atom stereocenters. The summed E-state index contributed by atoms with van der Waals surface area (Å²) < 4.78 is 6.26. The van der Waals surface area contributed by atoms with Crippen molar-refractivity contribution in [3.05, 3.63) is 34.4 Å². The number of carbonyl (C=O) groups is 2. The number of carbonyl (C=O) groups excluding carboxylic acids is 1. The summed E-state index contributed by atoms with van der Waals surface area (Å²) in [6.07, 6.45) is -1.29. The summed E-state index contributed by atoms with van der Waals surface area (Å²) in [6, 6.07) is 7.48. The number of aliphatic carboxylic acids is 1. The fourth-order valence-corrected chi connectivity index (χ4v) is 3.02. The van der Waals surface area contributed by atoms with Gasteiger partial charge in [-0.1, -0.05) is 15.9 Å². The number of fused-ring (bicyclic) bond motifs is 1. The summed E-state index contributed by atoms with van der Waals surface area (Å²) in [4.78, 5) is 28.3. The van der Waals surface area contributed by atoms with Crippen molar-refractivity contribution >= 4 is 38.7 Å². The van der Waals surface area contributed by atoms with E-state index in [1.54, 1.807) is 13.0 Å². The number of aromatic amines is 1. The monoisotopic (exact) mass is 366 g/mol. The van der Waals surface area contributed by atoms with Gasteiger partial charge in [-0.3, -0.25) is 4.79 Å². The second-order valence-corrected chi connectivity index (χ2v) is 6.31. The lowest BCUT2D eigenvalue weighted by Gasteiger charge is -2.34. The molecule has 0 spiro atoms. The lowest BCUT2D eigenvalue weighted by Crippen LogP contribution is -2.51. The van der Waals surface area contributed by atoms with E-state index in [1.165, 1.54) is 4.90 Å². The standard InChI is InChI=1S/C15H15BrN2O4/c1-8-6-18(7-13(22-8)15(20)21)14(19)12-5-9-4-10(16)2-3-11(9)17-12/h2-5,8,13,17H,6-7H2,1H3,(H,20,21)/t8-,13?/m1/s1. The maximum Gasteiger partial charge on any atom is 0.334 e. The zero-order chi connectivity index (χ0) is 15.9. The van der Waals surface area contributed by atoms with E-state index in [2.05, 4.69) is 20.9 Å². The van der Waals surface area contributed by atoms with Gasteiger partial charge in [-0.05, 0) is 31.2 Å². The maximum absolute atomic E-state index is 12.6. The Morgan fingerprint density at radius 2 is 2.14 bits per heavy atom. The minimum absolute atomic E-state index is 0.0531. The summed E-state index contributed by atoms with van der Waals surface area (Å²) in [5.74, 6) is -1.27. The molecule has 0 aliphatic carbocycles. The van der Waals surface area contributed by atoms with Crippen molar-refractivity contribution in [1.29, 1.82) is 0 Å². The van der Waals surface area contributed by atoms with Crippen LogP contribution in [0.5, 0.6) is 0 Å². The van der Waals surface area contributed by atoms with E-state index in [4.69, 9.17) is 9.84 Å². The summed E-state index contributed by atoms with van der Waals surface area (Å²) in [7, 11) is 0. The van der Waals surface area contributed by atoms with Gasteiger partial charge in [0.1, 0.15) is 5.69 Å². The molecule has 0 saturated carbocycles. The van der Waals surface area contributed by atoms with Crippen molar-refractivity contribution in [3.63, 3.8) is 0 Å². The molecule has 2 aromatic rings. The number of hydrogen-bond donors (Lipinski definition) is 2. The summed E-state index contributed by atoms with van der Waals surface area (Å²) in [5.41, 5.74) is 1.31. The number of nitrogens with zero attached hydrogens (tertiary/aromatic N) is 1. The average molecular weight is 367 g/mol. The van der Waals surface area contributed by atoms with Gasteiger partial charge in [0.2, 0.25) is 0 Å². The number of rotatable bonds is 2. The Morgan fingerprint density at radius 1 is 1.36 bits per heavy atom. The molecule has 1 aromatic carbocycles. The molecule has 1 aliphatic rings. The number of halogens is 1. The van der Waals surface area contributed by atoms with Crippen molar-refractivity contribution in [2.45, 2.75) is 19.1 Å². The zero-order valence-corrected chi connectivity index (χ0v) is 13.5. The first-order valence-electron chi connectivity index (χ1n) is 6.90. The third-order valence-electron chi connectivity index (χ3n) is 3.64. The number of morpholine rings is 1. The van der Waals surface area contributed by atoms with Gasteiger partial charge in [-0.2, -0.15) is 0 Å². The first kappa shape index (κ1) is 15.1. The van der Waals surface area contributed by atoms with E-state index in [-0.39, 0.29) is 18.6 Å². The van der Waals surface area contributed by atoms with Crippen molar-refractivity contribution in [2.75, 3.05) is 13.1 Å². The number of carboxylic acids is 1. The highest BCUT2D eigenvalue weighted by Gasteiger charge is 2.33. The third kappa shape index (κ3) is 2.86. The number of hydrogen-bond acceptors (Lipinski definition) is 3. The largest absolute Gasteiger partial charge is 0.479 e. The van der Waals surface area contributed by atoms with Crippen molar-refractivity contribution < 1.29 is 19.4 Å². The van der Waals surface area contributed by atoms with Gasteiger partial charge in [-0.25, -0.2) is 4.79 Å². The van der Waals surface area contributed by atoms with Gasteiger partial charge < -0.3 is 19.7 Å². The van der Waals surface area contributed by atoms with Crippen LogP contribution in [0.2, 0.25) is 0 Å². The predicted octanol–water partition coefficient (Wildman–Crippen LogP) is 2.24. The Bertz CT molecular complexity index is 742. The molecule has 2 atom stereocenters. The highest BCUT2D eigenvalue weighted by atomic mass is 79.9. The minimum Gasteiger partial charge on any atom is -0.479 e. The summed E-state index contributed by atoms with van der Waals surface area (Å²) in [5, 5.41) is 10.0. The van der Waals surface area contributed by atoms with Crippen LogP contribution in [0.1, 0.15) is 17.4 Å². The van der Waals surface area contributed by atoms with Gasteiger partial charge in [0.05, 0.1) is 12.6 Å². The van der Waals surface area contributed by atoms with Gasteiger partial charge in [0, 0.05) is 21.9 Å². The first-order valence-corrected chi connectivity index (χ1v) is 7.69. The van der Waals surface area contributed by atoms with E-state index in [1.807, 2.05) is 18.2 Å². The van der Waals surface area contributed by atoms with E-state index < -0.39 is 12.1 Å². The molecular weight excluding hydrogens is 352 g/mol. The lowest BCUT2D eigenvalue weighted by atomic mass is 10.2. The Labute approximate surface area is 135 Å². The highest BCUT2D eigenvalue weighted by molar-refractivity contribution is 9.10. The van der Waals surface area contributed by atoms with Crippen LogP contribution in [0.15, 0.2) is 28.7 Å². The van der Waals surface area contributed by atoms with Gasteiger partial charge >= 0.3 is 5.97 Å². The molecular formula is C15H15BrN2O4. The molecule has 7 heteroatoms. The average Bonchev–Trinajstić information content (AvgIpc) is 2.88. The first-order chi connectivity index (χ1) is 10.4. The molecule has 1 amide bonds. The van der Waals surface area contributed by atoms with Crippen LogP contribution in [-0.2, 0) is 9.53 Å². The second kappa shape index (κ2) is 5.73. The van der Waals surface area contributed by atoms with E-state index in [0.717, 1.165) is 15.4 Å². The van der Waals surface area contributed by atoms with Crippen LogP contribution in [0.3, 0.4) is 0 Å². The minimum atomic E-state index is -1.05. The van der Waals surface area contributed by atoms with Gasteiger partial charge in [0.25, 0.3) is 5.91 Å². The normalized spacial score (nSPS) is 22.0. The molecule has 0 bridgehead atoms. The number of carboxylic acid groups (broad SMARTS) is 1. The second-order valence-electron chi connectivity index (χ2n) is 5.40. The molecule has 0 radical (unpaired) electrons. The zero-order valence-electron chi connectivity index (χ0n) is 11.9. The van der Waals surface area contributed by atoms with Gasteiger partial charge in [0.15, 0.2) is 6.10 Å². The molecule has 6 nitrogen and oxygen atoms in total. The Hall–Kier alpha value is -1.86. The van der Waals surface area contributed by atoms with E-state index >= 15 is 0 Å². The Morgan fingerprint density at radius 3 is 2.86 bits per heavy atom. The fraction of sp³-hybridized carbons (Fsp3) is 0.333. The third-order valence-corrected chi connectivity index (χ3v) is 4.13. The maximum atomic E-state index is 12.6. The molecule has 1 fully saturated rings. The molecule has 2 heterocycles. The number of amides is 1. The predicted molar refractivity (Wildman–Crippen MR) is 83.9 cm³/mol. The van der Waals surface area contributed by atoms with E-state index in [0.29, 0.717) is 12.2 Å². The molecule has 3 rings (SSSR count). The number of aromatic nitrogens is 1. The Kier molecular flexibility index (Phi) is 3.92. The summed E-state index contributed by atoms with van der Waals surface area (Å²) in [6.45, 7) is 2.19. The number of ether oxygens (including phenoxy) is 1. The molecule has 1 saturated heterocycles. The van der Waals surface area contributed by atoms with Crippen molar-refractivity contribution in [3.8, 4) is 0 Å². The molecule has 2 N–H and O–H groups in total. The fourth-order valence-electron chi connectivity index (χ4n) is 2.64. The topological polar surface area (TPSA) is 82.6 Å². The number of nitrogens with one attached hydrogen (secondary N) is 1. The van der Waals surface area contributed by atoms with Crippen molar-refractivity contribution in [2.24, 2.45) is 0 Å². The van der Waals surface area contributed by atoms with E-state index in [9.17, 15) is 9.59 Å². The smallest absolute Gasteiger partial charge is 0.334 e. The Balaban J connectivity index is 1.86. The van der Waals surface area contributed by atoms with Crippen LogP contribution in [0, 0.1) is 0 Å². The molecule has 1 aliphatic heterocycles. The molecule has 116 valence electrons. The van der Waals surface area contributed by atoms with Crippen LogP contribution in [-0.4, -0.2) is 52.2 Å². The molecule has 22 heavy (non-hydrogen) atoms. The summed E-state index contributed by atoms with van der Waals surface area (Å²) >= 11 is 3.40. The highest BCUT2D eigenvalue weighted by Crippen LogP contribution is 2.22. The van der Waals surface area contributed by atoms with Crippen LogP contribution >= 0.6 is 15.9 Å². The van der Waals surface area contributed by atoms with Crippen LogP contribution < -0.4 is 0 Å². The molecule has 1 aromatic heterocycles. The number of H-pyrrole nitrogens is 1. The SMILES string of the molecule is C[C@@H]1CN(C(=O)c2cc3cc(Br)ccc3[nH]2)CC(C(=O)O)O1. The lowest BCUT2D eigenvalue weighted by molar-refractivity contribution is -0.160. The number of benzene rings is 1.